The average molecular weight is 414 g/mol. The second-order valence-electron chi connectivity index (χ2n) is 3.89. The van der Waals surface area contributed by atoms with Gasteiger partial charge in [0.15, 0.2) is 0 Å². The quantitative estimate of drug-likeness (QED) is 0.753. The summed E-state index contributed by atoms with van der Waals surface area (Å²) in [4.78, 5) is 12.1. The molecule has 2 aromatic rings. The lowest BCUT2D eigenvalue weighted by molar-refractivity contribution is 0.102. The van der Waals surface area contributed by atoms with E-state index in [0.29, 0.717) is 30.8 Å². The number of carbonyl (C=O) groups is 1. The molecule has 0 atom stereocenters. The molecule has 6 heteroatoms. The van der Waals surface area contributed by atoms with Crippen LogP contribution in [0.3, 0.4) is 0 Å². The lowest BCUT2D eigenvalue weighted by Gasteiger charge is -2.08. The Hall–Kier alpha value is -1.35. The minimum atomic E-state index is -0.257. The van der Waals surface area contributed by atoms with E-state index in [1.165, 1.54) is 0 Å². The van der Waals surface area contributed by atoms with E-state index in [-0.39, 0.29) is 5.91 Å². The number of nitrogens with one attached hydrogen (secondary N) is 1. The number of rotatable bonds is 2. The zero-order valence-corrected chi connectivity index (χ0v) is 13.9. The Morgan fingerprint density at radius 1 is 1.15 bits per heavy atom. The van der Waals surface area contributed by atoms with Crippen LogP contribution in [0.2, 0.25) is 5.02 Å². The first-order chi connectivity index (χ1) is 9.51. The van der Waals surface area contributed by atoms with Crippen LogP contribution in [-0.2, 0) is 0 Å². The van der Waals surface area contributed by atoms with E-state index in [0.717, 1.165) is 0 Å². The van der Waals surface area contributed by atoms with E-state index in [2.05, 4.69) is 37.2 Å². The number of anilines is 1. The second-order valence-corrected chi connectivity index (χ2v) is 6.01. The number of hydrogen-bond acceptors (Lipinski definition) is 2. The van der Waals surface area contributed by atoms with Crippen molar-refractivity contribution in [2.24, 2.45) is 0 Å². The van der Waals surface area contributed by atoms with Gasteiger partial charge in [0, 0.05) is 14.5 Å². The van der Waals surface area contributed by atoms with Crippen molar-refractivity contribution in [1.29, 1.82) is 5.26 Å². The van der Waals surface area contributed by atoms with Crippen LogP contribution in [0.4, 0.5) is 5.69 Å². The molecule has 100 valence electrons. The molecule has 0 bridgehead atoms. The van der Waals surface area contributed by atoms with Crippen molar-refractivity contribution in [3.63, 3.8) is 0 Å². The minimum absolute atomic E-state index is 0.257. The molecule has 0 saturated carbocycles. The molecule has 0 aliphatic heterocycles. The van der Waals surface area contributed by atoms with Crippen LogP contribution in [0.5, 0.6) is 0 Å². The summed E-state index contributed by atoms with van der Waals surface area (Å²) < 4.78 is 1.31. The van der Waals surface area contributed by atoms with E-state index < -0.39 is 0 Å². The van der Waals surface area contributed by atoms with Crippen molar-refractivity contribution in [1.82, 2.24) is 0 Å². The molecule has 3 nitrogen and oxygen atoms in total. The molecule has 0 aliphatic carbocycles. The summed E-state index contributed by atoms with van der Waals surface area (Å²) in [6.07, 6.45) is 0. The van der Waals surface area contributed by atoms with Crippen molar-refractivity contribution >= 4 is 55.1 Å². The molecule has 1 amide bonds. The molecule has 1 N–H and O–H groups in total. The second kappa shape index (κ2) is 6.40. The SMILES string of the molecule is N#Cc1ccc(NC(=O)c2ccc(Cl)c(Br)c2)c(Br)c1. The van der Waals surface area contributed by atoms with Gasteiger partial charge in [-0.25, -0.2) is 0 Å². The van der Waals surface area contributed by atoms with Gasteiger partial charge in [-0.3, -0.25) is 4.79 Å². The molecule has 2 rings (SSSR count). The van der Waals surface area contributed by atoms with E-state index in [1.807, 2.05) is 6.07 Å². The van der Waals surface area contributed by atoms with E-state index >= 15 is 0 Å². The van der Waals surface area contributed by atoms with Crippen LogP contribution in [0.1, 0.15) is 15.9 Å². The standard InChI is InChI=1S/C14H7Br2ClN2O/c15-10-6-9(2-3-12(10)17)14(20)19-13-4-1-8(7-18)5-11(13)16/h1-6H,(H,19,20). The molecule has 0 spiro atoms. The Kier molecular flexibility index (Phi) is 4.81. The van der Waals surface area contributed by atoms with Gasteiger partial charge >= 0.3 is 0 Å². The fraction of sp³-hybridized carbons (Fsp3) is 0. The normalized spacial score (nSPS) is 9.90. The maximum absolute atomic E-state index is 12.1. The molecule has 0 aliphatic rings. The number of benzene rings is 2. The largest absolute Gasteiger partial charge is 0.321 e. The van der Waals surface area contributed by atoms with Gasteiger partial charge in [-0.1, -0.05) is 11.6 Å². The Labute approximate surface area is 137 Å². The first-order valence-corrected chi connectivity index (χ1v) is 7.43. The summed E-state index contributed by atoms with van der Waals surface area (Å²) in [6.45, 7) is 0. The Bertz CT molecular complexity index is 726. The molecule has 0 heterocycles. The third-order valence-electron chi connectivity index (χ3n) is 2.53. The summed E-state index contributed by atoms with van der Waals surface area (Å²) >= 11 is 12.5. The first kappa shape index (κ1) is 15.0. The zero-order valence-electron chi connectivity index (χ0n) is 9.95. The Morgan fingerprint density at radius 2 is 1.90 bits per heavy atom. The summed E-state index contributed by atoms with van der Waals surface area (Å²) in [5.74, 6) is -0.257. The Balaban J connectivity index is 2.23. The number of amides is 1. The van der Waals surface area contributed by atoms with E-state index in [9.17, 15) is 4.79 Å². The maximum atomic E-state index is 12.1. The third-order valence-corrected chi connectivity index (χ3v) is 4.40. The molecule has 20 heavy (non-hydrogen) atoms. The Morgan fingerprint density at radius 3 is 2.50 bits per heavy atom. The predicted octanol–water partition coefficient (Wildman–Crippen LogP) is 4.99. The third kappa shape index (κ3) is 3.40. The fourth-order valence-electron chi connectivity index (χ4n) is 1.52. The highest BCUT2D eigenvalue weighted by atomic mass is 79.9. The zero-order chi connectivity index (χ0) is 14.7. The molecule has 0 aromatic heterocycles. The van der Waals surface area contributed by atoms with Crippen molar-refractivity contribution in [2.45, 2.75) is 0 Å². The van der Waals surface area contributed by atoms with Gasteiger partial charge in [0.1, 0.15) is 0 Å². The first-order valence-electron chi connectivity index (χ1n) is 5.47. The summed E-state index contributed by atoms with van der Waals surface area (Å²) in [6, 6.07) is 11.9. The summed E-state index contributed by atoms with van der Waals surface area (Å²) in [5, 5.41) is 12.1. The number of nitriles is 1. The maximum Gasteiger partial charge on any atom is 0.255 e. The average Bonchev–Trinajstić information content (AvgIpc) is 2.43. The van der Waals surface area contributed by atoms with Gasteiger partial charge in [-0.15, -0.1) is 0 Å². The molecule has 0 saturated heterocycles. The highest BCUT2D eigenvalue weighted by Crippen LogP contribution is 2.26. The molecule has 0 radical (unpaired) electrons. The van der Waals surface area contributed by atoms with Crippen molar-refractivity contribution in [3.05, 3.63) is 61.5 Å². The molecule has 2 aromatic carbocycles. The van der Waals surface area contributed by atoms with Crippen LogP contribution in [0, 0.1) is 11.3 Å². The summed E-state index contributed by atoms with van der Waals surface area (Å²) in [5.41, 5.74) is 1.60. The lowest BCUT2D eigenvalue weighted by Crippen LogP contribution is -2.12. The minimum Gasteiger partial charge on any atom is -0.321 e. The van der Waals surface area contributed by atoms with Gasteiger partial charge in [-0.2, -0.15) is 5.26 Å². The fourth-order valence-corrected chi connectivity index (χ4v) is 2.49. The highest BCUT2D eigenvalue weighted by Gasteiger charge is 2.10. The molecule has 0 fully saturated rings. The molecular weight excluding hydrogens is 407 g/mol. The van der Waals surface area contributed by atoms with Crippen LogP contribution in [0.25, 0.3) is 0 Å². The lowest BCUT2D eigenvalue weighted by atomic mass is 10.2. The number of carbonyl (C=O) groups excluding carboxylic acids is 1. The smallest absolute Gasteiger partial charge is 0.255 e. The van der Waals surface area contributed by atoms with Gasteiger partial charge < -0.3 is 5.32 Å². The van der Waals surface area contributed by atoms with Crippen LogP contribution >= 0.6 is 43.5 Å². The predicted molar refractivity (Wildman–Crippen MR) is 86.0 cm³/mol. The van der Waals surface area contributed by atoms with Crippen LogP contribution in [-0.4, -0.2) is 5.91 Å². The molecular formula is C14H7Br2ClN2O. The van der Waals surface area contributed by atoms with Gasteiger partial charge in [0.2, 0.25) is 0 Å². The number of nitrogens with zero attached hydrogens (tertiary/aromatic N) is 1. The van der Waals surface area contributed by atoms with Gasteiger partial charge in [-0.05, 0) is 68.3 Å². The van der Waals surface area contributed by atoms with Gasteiger partial charge in [0.25, 0.3) is 5.91 Å². The number of hydrogen-bond donors (Lipinski definition) is 1. The van der Waals surface area contributed by atoms with Crippen molar-refractivity contribution in [2.75, 3.05) is 5.32 Å². The molecule has 0 unspecified atom stereocenters. The summed E-state index contributed by atoms with van der Waals surface area (Å²) in [7, 11) is 0. The van der Waals surface area contributed by atoms with Crippen LogP contribution < -0.4 is 5.32 Å². The van der Waals surface area contributed by atoms with Gasteiger partial charge in [0.05, 0.1) is 22.3 Å². The van der Waals surface area contributed by atoms with E-state index in [1.54, 1.807) is 36.4 Å². The van der Waals surface area contributed by atoms with Crippen molar-refractivity contribution < 1.29 is 4.79 Å². The van der Waals surface area contributed by atoms with Crippen molar-refractivity contribution in [3.8, 4) is 6.07 Å². The highest BCUT2D eigenvalue weighted by molar-refractivity contribution is 9.11. The number of halogens is 3. The van der Waals surface area contributed by atoms with Crippen LogP contribution in [0.15, 0.2) is 45.3 Å². The topological polar surface area (TPSA) is 52.9 Å². The monoisotopic (exact) mass is 412 g/mol. The van der Waals surface area contributed by atoms with E-state index in [4.69, 9.17) is 16.9 Å².